The molecule has 0 aliphatic carbocycles. The fraction of sp³-hybridized carbons (Fsp3) is 0.625. The molecule has 1 saturated heterocycles. The molecule has 2 unspecified atom stereocenters. The van der Waals surface area contributed by atoms with Gasteiger partial charge in [-0.15, -0.1) is 0 Å². The van der Waals surface area contributed by atoms with E-state index in [-0.39, 0.29) is 11.7 Å². The third kappa shape index (κ3) is 1.22. The first kappa shape index (κ1) is 9.18. The van der Waals surface area contributed by atoms with Gasteiger partial charge in [-0.2, -0.15) is 0 Å². The molecule has 2 rings (SSSR count). The molecule has 0 spiro atoms. The molecule has 5 heteroatoms. The summed E-state index contributed by atoms with van der Waals surface area (Å²) >= 11 is 3.31. The van der Waals surface area contributed by atoms with Gasteiger partial charge in [0.25, 0.3) is 0 Å². The third-order valence-electron chi connectivity index (χ3n) is 2.51. The third-order valence-corrected chi connectivity index (χ3v) is 2.92. The Morgan fingerprint density at radius 3 is 2.92 bits per heavy atom. The van der Waals surface area contributed by atoms with Gasteiger partial charge in [0.15, 0.2) is 5.60 Å². The van der Waals surface area contributed by atoms with Crippen LogP contribution in [0.2, 0.25) is 0 Å². The summed E-state index contributed by atoms with van der Waals surface area (Å²) in [6.07, 6.45) is 1.77. The Morgan fingerprint density at radius 2 is 2.62 bits per heavy atom. The van der Waals surface area contributed by atoms with Crippen LogP contribution in [0.15, 0.2) is 10.8 Å². The summed E-state index contributed by atoms with van der Waals surface area (Å²) in [7, 11) is 1.68. The maximum Gasteiger partial charge on any atom is 0.174 e. The van der Waals surface area contributed by atoms with Crippen molar-refractivity contribution in [2.45, 2.75) is 18.6 Å². The number of aromatic amines is 1. The summed E-state index contributed by atoms with van der Waals surface area (Å²) in [6.45, 7) is 2.54. The average Bonchev–Trinajstić information content (AvgIpc) is 2.52. The van der Waals surface area contributed by atoms with Gasteiger partial charge in [0.05, 0.1) is 18.9 Å². The molecule has 2 atom stereocenters. The first-order chi connectivity index (χ1) is 6.19. The lowest BCUT2D eigenvalue weighted by molar-refractivity contribution is -0.254. The highest BCUT2D eigenvalue weighted by molar-refractivity contribution is 9.10. The van der Waals surface area contributed by atoms with Gasteiger partial charge < -0.3 is 14.5 Å². The Morgan fingerprint density at radius 1 is 1.85 bits per heavy atom. The predicted molar refractivity (Wildman–Crippen MR) is 50.4 cm³/mol. The quantitative estimate of drug-likeness (QED) is 0.859. The lowest BCUT2D eigenvalue weighted by Gasteiger charge is -2.44. The normalized spacial score (nSPS) is 33.0. The molecule has 2 heterocycles. The largest absolute Gasteiger partial charge is 0.371 e. The predicted octanol–water partition coefficient (Wildman–Crippen LogP) is 1.43. The summed E-state index contributed by atoms with van der Waals surface area (Å²) in [5.74, 6) is 0.820. The Kier molecular flexibility index (Phi) is 2.17. The van der Waals surface area contributed by atoms with Crippen molar-refractivity contribution in [3.8, 4) is 0 Å². The molecule has 72 valence electrons. The molecular weight excluding hydrogens is 236 g/mol. The van der Waals surface area contributed by atoms with E-state index in [1.165, 1.54) is 0 Å². The van der Waals surface area contributed by atoms with Crippen molar-refractivity contribution < 1.29 is 9.47 Å². The van der Waals surface area contributed by atoms with Gasteiger partial charge in [-0.05, 0) is 22.9 Å². The van der Waals surface area contributed by atoms with E-state index in [0.717, 1.165) is 10.4 Å². The van der Waals surface area contributed by atoms with Crippen molar-refractivity contribution in [1.82, 2.24) is 9.97 Å². The number of methoxy groups -OCH3 is 1. The van der Waals surface area contributed by atoms with Gasteiger partial charge in [-0.3, -0.25) is 0 Å². The number of imidazole rings is 1. The Labute approximate surface area is 84.8 Å². The minimum absolute atomic E-state index is 0.0514. The van der Waals surface area contributed by atoms with Crippen LogP contribution >= 0.6 is 15.9 Å². The molecule has 1 aliphatic rings. The maximum atomic E-state index is 5.45. The van der Waals surface area contributed by atoms with Crippen molar-refractivity contribution in [3.05, 3.63) is 16.6 Å². The monoisotopic (exact) mass is 246 g/mol. The highest BCUT2D eigenvalue weighted by Crippen LogP contribution is 2.37. The van der Waals surface area contributed by atoms with Crippen LogP contribution in [0.25, 0.3) is 0 Å². The SMILES string of the molecule is COC1(c2ncc(Br)[nH]2)COC1C. The van der Waals surface area contributed by atoms with Gasteiger partial charge in [-0.1, -0.05) is 0 Å². The molecule has 4 nitrogen and oxygen atoms in total. The topological polar surface area (TPSA) is 47.1 Å². The lowest BCUT2D eigenvalue weighted by Crippen LogP contribution is -2.56. The van der Waals surface area contributed by atoms with Crippen molar-refractivity contribution in [3.63, 3.8) is 0 Å². The fourth-order valence-electron chi connectivity index (χ4n) is 1.50. The molecule has 0 aromatic carbocycles. The van der Waals surface area contributed by atoms with E-state index in [2.05, 4.69) is 25.9 Å². The van der Waals surface area contributed by atoms with Crippen molar-refractivity contribution >= 4 is 15.9 Å². The Bertz CT molecular complexity index is 311. The van der Waals surface area contributed by atoms with Gasteiger partial charge in [0.2, 0.25) is 0 Å². The second-order valence-corrected chi connectivity index (χ2v) is 3.98. The summed E-state index contributed by atoms with van der Waals surface area (Å²) in [5, 5.41) is 0. The maximum absolute atomic E-state index is 5.45. The number of aromatic nitrogens is 2. The molecule has 0 bridgehead atoms. The van der Waals surface area contributed by atoms with Crippen LogP contribution < -0.4 is 0 Å². The van der Waals surface area contributed by atoms with E-state index in [1.807, 2.05) is 6.92 Å². The van der Waals surface area contributed by atoms with Crippen LogP contribution in [-0.2, 0) is 15.1 Å². The molecule has 0 saturated carbocycles. The molecule has 1 N–H and O–H groups in total. The number of nitrogens with one attached hydrogen (secondary N) is 1. The lowest BCUT2D eigenvalue weighted by atomic mass is 9.92. The number of rotatable bonds is 2. The van der Waals surface area contributed by atoms with Crippen LogP contribution in [0, 0.1) is 0 Å². The molecule has 1 aromatic rings. The average molecular weight is 247 g/mol. The molecular formula is C8H11BrN2O2. The van der Waals surface area contributed by atoms with Crippen LogP contribution in [-0.4, -0.2) is 29.8 Å². The number of ether oxygens (including phenoxy) is 2. The second kappa shape index (κ2) is 3.08. The van der Waals surface area contributed by atoms with Gasteiger partial charge in [-0.25, -0.2) is 4.98 Å². The molecule has 0 amide bonds. The van der Waals surface area contributed by atoms with Crippen LogP contribution in [0.5, 0.6) is 0 Å². The van der Waals surface area contributed by atoms with E-state index >= 15 is 0 Å². The van der Waals surface area contributed by atoms with Gasteiger partial charge in [0.1, 0.15) is 10.4 Å². The fourth-order valence-corrected chi connectivity index (χ4v) is 1.79. The molecule has 13 heavy (non-hydrogen) atoms. The van der Waals surface area contributed by atoms with E-state index in [4.69, 9.17) is 9.47 Å². The summed E-state index contributed by atoms with van der Waals surface area (Å²) in [6, 6.07) is 0. The first-order valence-corrected chi connectivity index (χ1v) is 4.86. The Balaban J connectivity index is 2.32. The second-order valence-electron chi connectivity index (χ2n) is 3.13. The number of hydrogen-bond donors (Lipinski definition) is 1. The smallest absolute Gasteiger partial charge is 0.174 e. The standard InChI is InChI=1S/C8H11BrN2O2/c1-5-8(12-2,4-13-5)7-10-3-6(9)11-7/h3,5H,4H2,1-2H3,(H,10,11). The van der Waals surface area contributed by atoms with Gasteiger partial charge >= 0.3 is 0 Å². The molecule has 1 aromatic heterocycles. The van der Waals surface area contributed by atoms with Crippen LogP contribution in [0.4, 0.5) is 0 Å². The summed E-state index contributed by atoms with van der Waals surface area (Å²) < 4.78 is 11.6. The van der Waals surface area contributed by atoms with E-state index in [0.29, 0.717) is 6.61 Å². The van der Waals surface area contributed by atoms with E-state index < -0.39 is 0 Å². The van der Waals surface area contributed by atoms with E-state index in [1.54, 1.807) is 13.3 Å². The minimum atomic E-state index is -0.383. The summed E-state index contributed by atoms with van der Waals surface area (Å²) in [4.78, 5) is 7.32. The van der Waals surface area contributed by atoms with E-state index in [9.17, 15) is 0 Å². The first-order valence-electron chi connectivity index (χ1n) is 4.07. The van der Waals surface area contributed by atoms with Crippen molar-refractivity contribution in [2.24, 2.45) is 0 Å². The van der Waals surface area contributed by atoms with Crippen LogP contribution in [0.1, 0.15) is 12.7 Å². The van der Waals surface area contributed by atoms with Gasteiger partial charge in [0, 0.05) is 7.11 Å². The number of H-pyrrole nitrogens is 1. The zero-order chi connectivity index (χ0) is 9.47. The van der Waals surface area contributed by atoms with Crippen molar-refractivity contribution in [2.75, 3.05) is 13.7 Å². The Hall–Kier alpha value is -0.390. The molecule has 0 radical (unpaired) electrons. The highest BCUT2D eigenvalue weighted by Gasteiger charge is 2.50. The zero-order valence-corrected chi connectivity index (χ0v) is 9.09. The number of hydrogen-bond acceptors (Lipinski definition) is 3. The van der Waals surface area contributed by atoms with Crippen molar-refractivity contribution in [1.29, 1.82) is 0 Å². The molecule has 1 fully saturated rings. The summed E-state index contributed by atoms with van der Waals surface area (Å²) in [5.41, 5.74) is -0.383. The minimum Gasteiger partial charge on any atom is -0.371 e. The molecule has 1 aliphatic heterocycles. The highest BCUT2D eigenvalue weighted by atomic mass is 79.9. The number of halogens is 1. The van der Waals surface area contributed by atoms with Crippen LogP contribution in [0.3, 0.4) is 0 Å². The number of nitrogens with zero attached hydrogens (tertiary/aromatic N) is 1. The zero-order valence-electron chi connectivity index (χ0n) is 7.50.